The first kappa shape index (κ1) is 17.6. The number of amides is 1. The molecule has 0 bridgehead atoms. The maximum Gasteiger partial charge on any atom is 0.248 e. The van der Waals surface area contributed by atoms with Crippen LogP contribution in [-0.4, -0.2) is 24.0 Å². The van der Waals surface area contributed by atoms with E-state index < -0.39 is 6.04 Å². The first-order valence-corrected chi connectivity index (χ1v) is 8.36. The molecule has 124 valence electrons. The maximum atomic E-state index is 12.3. The van der Waals surface area contributed by atoms with Gasteiger partial charge in [-0.05, 0) is 39.3 Å². The molecule has 1 aromatic heterocycles. The van der Waals surface area contributed by atoms with E-state index in [2.05, 4.69) is 15.6 Å². The van der Waals surface area contributed by atoms with Crippen molar-refractivity contribution in [3.8, 4) is 5.75 Å². The van der Waals surface area contributed by atoms with Crippen LogP contribution in [0.15, 0.2) is 12.1 Å². The average Bonchev–Trinajstić information content (AvgIpc) is 2.80. The van der Waals surface area contributed by atoms with Crippen molar-refractivity contribution in [2.24, 2.45) is 0 Å². The summed E-state index contributed by atoms with van der Waals surface area (Å²) in [6.45, 7) is 7.58. The molecule has 1 atom stereocenters. The molecule has 0 spiro atoms. The largest absolute Gasteiger partial charge is 0.495 e. The molecule has 2 N–H and O–H groups in total. The zero-order chi connectivity index (χ0) is 17.1. The molecule has 0 fully saturated rings. The van der Waals surface area contributed by atoms with Crippen LogP contribution in [0.4, 0.5) is 10.8 Å². The van der Waals surface area contributed by atoms with E-state index in [1.54, 1.807) is 20.1 Å². The molecule has 0 radical (unpaired) electrons. The molecule has 0 unspecified atom stereocenters. The van der Waals surface area contributed by atoms with Gasteiger partial charge in [0, 0.05) is 16.0 Å². The van der Waals surface area contributed by atoms with E-state index in [0.717, 1.165) is 21.8 Å². The first-order valence-electron chi connectivity index (χ1n) is 7.17. The minimum atomic E-state index is -0.450. The summed E-state index contributed by atoms with van der Waals surface area (Å²) in [5.41, 5.74) is 2.57. The predicted molar refractivity (Wildman–Crippen MR) is 96.0 cm³/mol. The van der Waals surface area contributed by atoms with Crippen molar-refractivity contribution in [2.75, 3.05) is 17.7 Å². The highest BCUT2D eigenvalue weighted by Gasteiger charge is 2.17. The van der Waals surface area contributed by atoms with E-state index in [1.165, 1.54) is 11.3 Å². The number of anilines is 2. The lowest BCUT2D eigenvalue weighted by Crippen LogP contribution is -2.32. The van der Waals surface area contributed by atoms with Crippen molar-refractivity contribution in [2.45, 2.75) is 33.7 Å². The first-order chi connectivity index (χ1) is 10.8. The Morgan fingerprint density at radius 3 is 2.61 bits per heavy atom. The number of hydrogen-bond acceptors (Lipinski definition) is 5. The normalized spacial score (nSPS) is 11.9. The van der Waals surface area contributed by atoms with Crippen molar-refractivity contribution in [1.82, 2.24) is 4.98 Å². The number of nitrogens with zero attached hydrogens (tertiary/aromatic N) is 1. The minimum Gasteiger partial charge on any atom is -0.495 e. The number of benzene rings is 1. The van der Waals surface area contributed by atoms with Crippen LogP contribution >= 0.6 is 22.9 Å². The quantitative estimate of drug-likeness (QED) is 0.846. The number of rotatable bonds is 5. The van der Waals surface area contributed by atoms with E-state index in [9.17, 15) is 4.79 Å². The summed E-state index contributed by atoms with van der Waals surface area (Å²) in [6, 6.07) is 3.15. The summed E-state index contributed by atoms with van der Waals surface area (Å²) in [7, 11) is 1.57. The average molecular weight is 354 g/mol. The molecule has 1 heterocycles. The smallest absolute Gasteiger partial charge is 0.248 e. The lowest BCUT2D eigenvalue weighted by atomic mass is 10.2. The van der Waals surface area contributed by atoms with Crippen molar-refractivity contribution < 1.29 is 9.53 Å². The van der Waals surface area contributed by atoms with Gasteiger partial charge in [-0.15, -0.1) is 11.3 Å². The van der Waals surface area contributed by atoms with Gasteiger partial charge in [0.1, 0.15) is 11.8 Å². The van der Waals surface area contributed by atoms with E-state index in [1.807, 2.05) is 26.8 Å². The fourth-order valence-electron chi connectivity index (χ4n) is 1.98. The number of thiazole rings is 1. The molecule has 1 aromatic carbocycles. The topological polar surface area (TPSA) is 63.2 Å². The summed E-state index contributed by atoms with van der Waals surface area (Å²) < 4.78 is 5.31. The molecule has 0 aliphatic heterocycles. The van der Waals surface area contributed by atoms with Gasteiger partial charge < -0.3 is 15.4 Å². The lowest BCUT2D eigenvalue weighted by molar-refractivity contribution is -0.116. The monoisotopic (exact) mass is 353 g/mol. The van der Waals surface area contributed by atoms with Gasteiger partial charge in [0.25, 0.3) is 0 Å². The number of methoxy groups -OCH3 is 1. The van der Waals surface area contributed by atoms with E-state index in [-0.39, 0.29) is 5.91 Å². The molecule has 23 heavy (non-hydrogen) atoms. The molecular weight excluding hydrogens is 334 g/mol. The zero-order valence-electron chi connectivity index (χ0n) is 13.8. The van der Waals surface area contributed by atoms with Crippen LogP contribution in [0.5, 0.6) is 5.75 Å². The summed E-state index contributed by atoms with van der Waals surface area (Å²) in [5.74, 6) is 0.439. The number of aryl methyl sites for hydroxylation is 3. The number of hydrogen-bond donors (Lipinski definition) is 2. The fourth-order valence-corrected chi connectivity index (χ4v) is 2.95. The van der Waals surface area contributed by atoms with Crippen molar-refractivity contribution >= 4 is 39.7 Å². The van der Waals surface area contributed by atoms with Crippen molar-refractivity contribution in [3.05, 3.63) is 33.3 Å². The minimum absolute atomic E-state index is 0.159. The van der Waals surface area contributed by atoms with Crippen LogP contribution in [0.25, 0.3) is 0 Å². The number of halogens is 1. The standard InChI is InChI=1S/C16H20ClN3O2S/c1-8-6-13(14(22-5)7-12(8)17)18-10(3)15(21)20-16-19-9(2)11(4)23-16/h6-7,10,18H,1-5H3,(H,19,20,21)/t10-/m1/s1. The highest BCUT2D eigenvalue weighted by atomic mass is 35.5. The van der Waals surface area contributed by atoms with Gasteiger partial charge in [-0.25, -0.2) is 4.98 Å². The van der Waals surface area contributed by atoms with E-state index in [4.69, 9.17) is 16.3 Å². The molecule has 0 saturated carbocycles. The predicted octanol–water partition coefficient (Wildman–Crippen LogP) is 4.17. The summed E-state index contributed by atoms with van der Waals surface area (Å²) >= 11 is 7.56. The van der Waals surface area contributed by atoms with Crippen LogP contribution in [0.3, 0.4) is 0 Å². The second kappa shape index (κ2) is 7.19. The highest BCUT2D eigenvalue weighted by molar-refractivity contribution is 7.15. The highest BCUT2D eigenvalue weighted by Crippen LogP contribution is 2.31. The third-order valence-electron chi connectivity index (χ3n) is 3.50. The lowest BCUT2D eigenvalue weighted by Gasteiger charge is -2.17. The van der Waals surface area contributed by atoms with Crippen LogP contribution in [0.2, 0.25) is 5.02 Å². The summed E-state index contributed by atoms with van der Waals surface area (Å²) in [5, 5.41) is 7.21. The van der Waals surface area contributed by atoms with Crippen LogP contribution < -0.4 is 15.4 Å². The van der Waals surface area contributed by atoms with Gasteiger partial charge in [-0.2, -0.15) is 0 Å². The van der Waals surface area contributed by atoms with Gasteiger partial charge in [0.05, 0.1) is 18.5 Å². The molecule has 0 aliphatic carbocycles. The number of aromatic nitrogens is 1. The molecular formula is C16H20ClN3O2S. The number of carbonyl (C=O) groups is 1. The Kier molecular flexibility index (Phi) is 5.49. The van der Waals surface area contributed by atoms with Gasteiger partial charge in [-0.3, -0.25) is 4.79 Å². The fraction of sp³-hybridized carbons (Fsp3) is 0.375. The Morgan fingerprint density at radius 1 is 1.35 bits per heavy atom. The third-order valence-corrected chi connectivity index (χ3v) is 4.90. The number of ether oxygens (including phenoxy) is 1. The van der Waals surface area contributed by atoms with E-state index in [0.29, 0.717) is 15.9 Å². The number of carbonyl (C=O) groups excluding carboxylic acids is 1. The van der Waals surface area contributed by atoms with Crippen LogP contribution in [0, 0.1) is 20.8 Å². The number of nitrogens with one attached hydrogen (secondary N) is 2. The van der Waals surface area contributed by atoms with Gasteiger partial charge >= 0.3 is 0 Å². The molecule has 2 aromatic rings. The molecule has 7 heteroatoms. The summed E-state index contributed by atoms with van der Waals surface area (Å²) in [4.78, 5) is 17.7. The third kappa shape index (κ3) is 4.14. The molecule has 1 amide bonds. The Hall–Kier alpha value is -1.79. The molecule has 0 aliphatic rings. The van der Waals surface area contributed by atoms with E-state index >= 15 is 0 Å². The molecule has 2 rings (SSSR count). The van der Waals surface area contributed by atoms with Gasteiger partial charge in [-0.1, -0.05) is 11.6 Å². The molecule has 5 nitrogen and oxygen atoms in total. The molecule has 0 saturated heterocycles. The Bertz CT molecular complexity index is 711. The maximum absolute atomic E-state index is 12.3. The van der Waals surface area contributed by atoms with Gasteiger partial charge in [0.2, 0.25) is 5.91 Å². The van der Waals surface area contributed by atoms with Crippen LogP contribution in [0.1, 0.15) is 23.1 Å². The Labute approximate surface area is 145 Å². The summed E-state index contributed by atoms with van der Waals surface area (Å²) in [6.07, 6.45) is 0. The van der Waals surface area contributed by atoms with Crippen molar-refractivity contribution in [3.63, 3.8) is 0 Å². The zero-order valence-corrected chi connectivity index (χ0v) is 15.4. The SMILES string of the molecule is COc1cc(Cl)c(C)cc1N[C@H](C)C(=O)Nc1nc(C)c(C)s1. The van der Waals surface area contributed by atoms with Crippen LogP contribution in [-0.2, 0) is 4.79 Å². The van der Waals surface area contributed by atoms with Crippen molar-refractivity contribution in [1.29, 1.82) is 0 Å². The second-order valence-corrected chi connectivity index (χ2v) is 6.93. The Balaban J connectivity index is 2.10. The Morgan fingerprint density at radius 2 is 2.04 bits per heavy atom. The second-order valence-electron chi connectivity index (χ2n) is 5.32. The van der Waals surface area contributed by atoms with Gasteiger partial charge in [0.15, 0.2) is 5.13 Å².